The summed E-state index contributed by atoms with van der Waals surface area (Å²) in [5.41, 5.74) is 9.49. The number of benzene rings is 3. The van der Waals surface area contributed by atoms with Crippen molar-refractivity contribution in [1.29, 1.82) is 0 Å². The molecule has 1 atom stereocenters. The molecule has 1 aliphatic rings. The zero-order valence-corrected chi connectivity index (χ0v) is 25.6. The van der Waals surface area contributed by atoms with Gasteiger partial charge in [0.25, 0.3) is 0 Å². The highest BCUT2D eigenvalue weighted by molar-refractivity contribution is 5.79. The number of aliphatic hydroxyl groups excluding tert-OH is 1. The fraction of sp³-hybridized carbons (Fsp3) is 0.382. The van der Waals surface area contributed by atoms with Gasteiger partial charge in [0.1, 0.15) is 18.0 Å². The number of alkyl carbamates (subject to hydrolysis) is 1. The van der Waals surface area contributed by atoms with E-state index >= 15 is 0 Å². The molecule has 4 N–H and O–H groups in total. The maximum Gasteiger partial charge on any atom is 0.407 e. The number of unbranched alkanes of at least 4 members (excludes halogenated alkanes) is 1. The van der Waals surface area contributed by atoms with Crippen LogP contribution in [-0.2, 0) is 27.4 Å². The van der Waals surface area contributed by atoms with Crippen LogP contribution >= 0.6 is 0 Å². The molecule has 0 radical (unpaired) electrons. The predicted molar refractivity (Wildman–Crippen MR) is 168 cm³/mol. The van der Waals surface area contributed by atoms with Gasteiger partial charge in [-0.1, -0.05) is 66.7 Å². The highest BCUT2D eigenvalue weighted by Crippen LogP contribution is 2.28. The van der Waals surface area contributed by atoms with Gasteiger partial charge in [0.2, 0.25) is 0 Å². The van der Waals surface area contributed by atoms with Crippen LogP contribution in [0.4, 0.5) is 4.79 Å². The van der Waals surface area contributed by atoms with Crippen LogP contribution in [0.25, 0.3) is 0 Å². The number of hydrogen-bond donors (Lipinski definition) is 3. The lowest BCUT2D eigenvalue weighted by Crippen LogP contribution is -2.33. The van der Waals surface area contributed by atoms with E-state index in [2.05, 4.69) is 10.3 Å². The number of esters is 1. The third kappa shape index (κ3) is 9.74. The molecule has 3 aromatic rings. The SMILES string of the molecule is CC(C)(C)OC(=O)NCCCCN=C(N)N1Cc2ccc(OC[C@@H](O)C(=O)OC(c3ccccc3)c3ccccc3)cc2C1. The molecule has 0 saturated carbocycles. The molecule has 0 spiro atoms. The first-order chi connectivity index (χ1) is 21.1. The summed E-state index contributed by atoms with van der Waals surface area (Å²) in [6.45, 7) is 7.49. The number of ether oxygens (including phenoxy) is 3. The van der Waals surface area contributed by atoms with Crippen molar-refractivity contribution in [2.24, 2.45) is 10.7 Å². The molecule has 10 heteroatoms. The minimum Gasteiger partial charge on any atom is -0.490 e. The second-order valence-corrected chi connectivity index (χ2v) is 11.6. The fourth-order valence-corrected chi connectivity index (χ4v) is 4.68. The fourth-order valence-electron chi connectivity index (χ4n) is 4.68. The number of nitrogens with one attached hydrogen (secondary N) is 1. The molecular weight excluding hydrogens is 560 g/mol. The molecule has 0 saturated heterocycles. The molecule has 0 unspecified atom stereocenters. The smallest absolute Gasteiger partial charge is 0.407 e. The molecule has 234 valence electrons. The van der Waals surface area contributed by atoms with Crippen LogP contribution in [0.1, 0.15) is 62.0 Å². The molecule has 1 amide bonds. The second-order valence-electron chi connectivity index (χ2n) is 11.6. The maximum atomic E-state index is 12.8. The van der Waals surface area contributed by atoms with Crippen LogP contribution < -0.4 is 15.8 Å². The Kier molecular flexibility index (Phi) is 11.2. The zero-order valence-electron chi connectivity index (χ0n) is 25.6. The summed E-state index contributed by atoms with van der Waals surface area (Å²) in [5, 5.41) is 13.3. The average Bonchev–Trinajstić information content (AvgIpc) is 3.44. The summed E-state index contributed by atoms with van der Waals surface area (Å²) in [7, 11) is 0. The predicted octanol–water partition coefficient (Wildman–Crippen LogP) is 4.69. The van der Waals surface area contributed by atoms with Crippen LogP contribution in [0.5, 0.6) is 5.75 Å². The molecule has 1 aliphatic heterocycles. The normalized spacial score (nSPS) is 13.8. The van der Waals surface area contributed by atoms with Gasteiger partial charge < -0.3 is 35.3 Å². The van der Waals surface area contributed by atoms with E-state index in [1.54, 1.807) is 0 Å². The summed E-state index contributed by atoms with van der Waals surface area (Å²) in [4.78, 5) is 31.0. The number of nitrogens with two attached hydrogens (primary N) is 1. The Balaban J connectivity index is 1.23. The Labute approximate surface area is 258 Å². The quantitative estimate of drug-likeness (QED) is 0.118. The van der Waals surface area contributed by atoms with Crippen molar-refractivity contribution in [2.75, 3.05) is 19.7 Å². The van der Waals surface area contributed by atoms with Crippen molar-refractivity contribution in [3.8, 4) is 5.75 Å². The van der Waals surface area contributed by atoms with E-state index in [-0.39, 0.29) is 6.61 Å². The third-order valence-electron chi connectivity index (χ3n) is 6.87. The van der Waals surface area contributed by atoms with Crippen molar-refractivity contribution in [3.05, 3.63) is 101 Å². The molecule has 3 aromatic carbocycles. The van der Waals surface area contributed by atoms with Gasteiger partial charge in [0, 0.05) is 26.2 Å². The molecule has 10 nitrogen and oxygen atoms in total. The molecule has 0 bridgehead atoms. The van der Waals surface area contributed by atoms with Crippen molar-refractivity contribution >= 4 is 18.0 Å². The second kappa shape index (κ2) is 15.2. The number of rotatable bonds is 12. The van der Waals surface area contributed by atoms with E-state index in [1.165, 1.54) is 0 Å². The Morgan fingerprint density at radius 3 is 2.23 bits per heavy atom. The van der Waals surface area contributed by atoms with Gasteiger partial charge >= 0.3 is 12.1 Å². The minimum atomic E-state index is -1.46. The number of carbonyl (C=O) groups excluding carboxylic acids is 2. The number of fused-ring (bicyclic) bond motifs is 1. The van der Waals surface area contributed by atoms with Gasteiger partial charge in [0.05, 0.1) is 0 Å². The first-order valence-electron chi connectivity index (χ1n) is 14.8. The number of aliphatic hydroxyl groups is 1. The van der Waals surface area contributed by atoms with E-state index in [9.17, 15) is 14.7 Å². The highest BCUT2D eigenvalue weighted by Gasteiger charge is 2.25. The molecule has 0 fully saturated rings. The lowest BCUT2D eigenvalue weighted by molar-refractivity contribution is -0.159. The van der Waals surface area contributed by atoms with E-state index in [0.717, 1.165) is 35.1 Å². The van der Waals surface area contributed by atoms with Crippen LogP contribution in [-0.4, -0.2) is 59.4 Å². The summed E-state index contributed by atoms with van der Waals surface area (Å²) in [6.07, 6.45) is -0.997. The number of aliphatic imine (C=N–C) groups is 1. The Morgan fingerprint density at radius 1 is 0.955 bits per heavy atom. The number of nitrogens with zero attached hydrogens (tertiary/aromatic N) is 2. The average molecular weight is 603 g/mol. The molecule has 0 aliphatic carbocycles. The van der Waals surface area contributed by atoms with Crippen LogP contribution in [0, 0.1) is 0 Å². The van der Waals surface area contributed by atoms with Gasteiger partial charge in [-0.3, -0.25) is 4.99 Å². The van der Waals surface area contributed by atoms with Gasteiger partial charge in [-0.25, -0.2) is 9.59 Å². The van der Waals surface area contributed by atoms with Gasteiger partial charge in [-0.05, 0) is 68.0 Å². The van der Waals surface area contributed by atoms with Crippen LogP contribution in [0.2, 0.25) is 0 Å². The van der Waals surface area contributed by atoms with E-state index < -0.39 is 29.9 Å². The van der Waals surface area contributed by atoms with Crippen molar-refractivity contribution in [2.45, 2.75) is 64.5 Å². The lowest BCUT2D eigenvalue weighted by atomic mass is 10.0. The number of carbonyl (C=O) groups is 2. The van der Waals surface area contributed by atoms with Crippen molar-refractivity contribution < 1.29 is 28.9 Å². The Bertz CT molecular complexity index is 1370. The summed E-state index contributed by atoms with van der Waals surface area (Å²) in [6, 6.07) is 24.5. The van der Waals surface area contributed by atoms with E-state index in [0.29, 0.717) is 37.9 Å². The number of hydrogen-bond acceptors (Lipinski definition) is 7. The monoisotopic (exact) mass is 602 g/mol. The first-order valence-corrected chi connectivity index (χ1v) is 14.8. The Morgan fingerprint density at radius 2 is 1.59 bits per heavy atom. The summed E-state index contributed by atoms with van der Waals surface area (Å²) in [5.74, 6) is 0.223. The largest absolute Gasteiger partial charge is 0.490 e. The van der Waals surface area contributed by atoms with E-state index in [4.69, 9.17) is 19.9 Å². The van der Waals surface area contributed by atoms with Gasteiger partial charge in [0.15, 0.2) is 18.2 Å². The maximum absolute atomic E-state index is 12.8. The molecule has 1 heterocycles. The van der Waals surface area contributed by atoms with Crippen LogP contribution in [0.3, 0.4) is 0 Å². The van der Waals surface area contributed by atoms with Crippen molar-refractivity contribution in [3.63, 3.8) is 0 Å². The zero-order chi connectivity index (χ0) is 31.5. The Hall–Kier alpha value is -4.57. The first kappa shape index (κ1) is 32.3. The van der Waals surface area contributed by atoms with Crippen molar-refractivity contribution in [1.82, 2.24) is 10.2 Å². The molecule has 44 heavy (non-hydrogen) atoms. The lowest BCUT2D eigenvalue weighted by Gasteiger charge is -2.21. The number of guanidine groups is 1. The molecule has 0 aromatic heterocycles. The standard InChI is InChI=1S/C34H42N4O6/c1-34(2,3)44-33(41)37-19-11-10-18-36-32(35)38-21-26-16-17-28(20-27(26)22-38)42-23-29(39)31(40)43-30(24-12-6-4-7-13-24)25-14-8-5-9-15-25/h4-9,12-17,20,29-30,39H,10-11,18-19,21-23H2,1-3H3,(H2,35,36)(H,37,41)/t29-/m1/s1. The van der Waals surface area contributed by atoms with Crippen LogP contribution in [0.15, 0.2) is 83.9 Å². The third-order valence-corrected chi connectivity index (χ3v) is 6.87. The number of amides is 1. The topological polar surface area (TPSA) is 136 Å². The minimum absolute atomic E-state index is 0.246. The molecule has 4 rings (SSSR count). The van der Waals surface area contributed by atoms with Gasteiger partial charge in [-0.2, -0.15) is 0 Å². The summed E-state index contributed by atoms with van der Waals surface area (Å²) >= 11 is 0. The van der Waals surface area contributed by atoms with E-state index in [1.807, 2.05) is 105 Å². The molecular formula is C34H42N4O6. The highest BCUT2D eigenvalue weighted by atomic mass is 16.6. The van der Waals surface area contributed by atoms with Gasteiger partial charge in [-0.15, -0.1) is 0 Å². The summed E-state index contributed by atoms with van der Waals surface area (Å²) < 4.78 is 16.7.